The minimum Gasteiger partial charge on any atom is -0.493 e. The molecule has 1 amide bonds. The zero-order valence-corrected chi connectivity index (χ0v) is 19.2. The van der Waals surface area contributed by atoms with E-state index in [2.05, 4.69) is 15.5 Å². The Bertz CT molecular complexity index is 1060. The van der Waals surface area contributed by atoms with Gasteiger partial charge in [-0.15, -0.1) is 0 Å². The highest BCUT2D eigenvalue weighted by Crippen LogP contribution is 2.28. The van der Waals surface area contributed by atoms with Crippen LogP contribution in [-0.4, -0.2) is 36.9 Å². The van der Waals surface area contributed by atoms with E-state index in [-0.39, 0.29) is 5.91 Å². The molecule has 172 valence electrons. The molecule has 0 spiro atoms. The summed E-state index contributed by atoms with van der Waals surface area (Å²) in [5, 5.41) is 4.02. The van der Waals surface area contributed by atoms with E-state index in [4.69, 9.17) is 14.2 Å². The summed E-state index contributed by atoms with van der Waals surface area (Å²) in [4.78, 5) is 15.9. The molecule has 0 aliphatic rings. The number of rotatable bonds is 11. The second-order valence-electron chi connectivity index (χ2n) is 7.35. The lowest BCUT2D eigenvalue weighted by atomic mass is 10.1. The average Bonchev–Trinajstić information content (AvgIpc) is 2.82. The molecular weight excluding hydrogens is 418 g/mol. The molecule has 0 saturated carbocycles. The van der Waals surface area contributed by atoms with Crippen molar-refractivity contribution >= 4 is 12.1 Å². The van der Waals surface area contributed by atoms with Gasteiger partial charge in [0.2, 0.25) is 0 Å². The number of ether oxygens (including phenoxy) is 3. The van der Waals surface area contributed by atoms with Crippen molar-refractivity contribution < 1.29 is 19.0 Å². The monoisotopic (exact) mass is 447 g/mol. The largest absolute Gasteiger partial charge is 0.493 e. The number of benzene rings is 2. The highest BCUT2D eigenvalue weighted by molar-refractivity contribution is 5.94. The molecule has 0 aliphatic heterocycles. The van der Waals surface area contributed by atoms with Gasteiger partial charge in [0.1, 0.15) is 5.75 Å². The second kappa shape index (κ2) is 12.2. The Labute approximate surface area is 194 Å². The van der Waals surface area contributed by atoms with Crippen LogP contribution in [0.25, 0.3) is 0 Å². The number of carbonyl (C=O) groups excluding carboxylic acids is 1. The molecule has 7 nitrogen and oxygen atoms in total. The molecule has 1 aromatic heterocycles. The van der Waals surface area contributed by atoms with Crippen molar-refractivity contribution in [3.05, 3.63) is 83.2 Å². The molecule has 0 aliphatic carbocycles. The van der Waals surface area contributed by atoms with Crippen molar-refractivity contribution in [2.45, 2.75) is 27.2 Å². The highest BCUT2D eigenvalue weighted by atomic mass is 16.5. The molecule has 0 unspecified atom stereocenters. The summed E-state index contributed by atoms with van der Waals surface area (Å²) < 4.78 is 17.6. The Morgan fingerprint density at radius 2 is 1.70 bits per heavy atom. The van der Waals surface area contributed by atoms with Crippen LogP contribution < -0.4 is 19.6 Å². The third-order valence-electron chi connectivity index (χ3n) is 4.79. The zero-order valence-electron chi connectivity index (χ0n) is 19.2. The number of para-hydroxylation sites is 1. The molecule has 33 heavy (non-hydrogen) atoms. The first kappa shape index (κ1) is 23.8. The molecule has 1 heterocycles. The van der Waals surface area contributed by atoms with Crippen molar-refractivity contribution in [3.63, 3.8) is 0 Å². The fourth-order valence-corrected chi connectivity index (χ4v) is 3.17. The van der Waals surface area contributed by atoms with Gasteiger partial charge in [0.15, 0.2) is 11.5 Å². The Balaban J connectivity index is 1.52. The summed E-state index contributed by atoms with van der Waals surface area (Å²) in [7, 11) is 0. The van der Waals surface area contributed by atoms with Gasteiger partial charge in [0, 0.05) is 24.4 Å². The first-order valence-corrected chi connectivity index (χ1v) is 10.9. The maximum Gasteiger partial charge on any atom is 0.271 e. The van der Waals surface area contributed by atoms with Gasteiger partial charge in [0.25, 0.3) is 5.91 Å². The average molecular weight is 448 g/mol. The SMILES string of the molecule is CCOc1cc(/C=N\NC(=O)c2ccncc2)ccc1OCCCOc1c(C)cccc1C. The number of aromatic nitrogens is 1. The van der Waals surface area contributed by atoms with Crippen LogP contribution in [0.5, 0.6) is 17.2 Å². The van der Waals surface area contributed by atoms with Gasteiger partial charge in [-0.3, -0.25) is 9.78 Å². The summed E-state index contributed by atoms with van der Waals surface area (Å²) >= 11 is 0. The number of hydrogen-bond acceptors (Lipinski definition) is 6. The van der Waals surface area contributed by atoms with Crippen molar-refractivity contribution in [2.75, 3.05) is 19.8 Å². The van der Waals surface area contributed by atoms with Crippen LogP contribution in [0.3, 0.4) is 0 Å². The van der Waals surface area contributed by atoms with E-state index in [0.717, 1.165) is 28.9 Å². The maximum absolute atomic E-state index is 12.1. The first-order valence-electron chi connectivity index (χ1n) is 10.9. The smallest absolute Gasteiger partial charge is 0.271 e. The van der Waals surface area contributed by atoms with Crippen LogP contribution in [0, 0.1) is 13.8 Å². The normalized spacial score (nSPS) is 10.8. The number of pyridine rings is 1. The van der Waals surface area contributed by atoms with Gasteiger partial charge in [-0.1, -0.05) is 18.2 Å². The van der Waals surface area contributed by atoms with Crippen molar-refractivity contribution in [2.24, 2.45) is 5.10 Å². The van der Waals surface area contributed by atoms with Gasteiger partial charge in [-0.25, -0.2) is 5.43 Å². The van der Waals surface area contributed by atoms with Crippen LogP contribution >= 0.6 is 0 Å². The maximum atomic E-state index is 12.1. The number of hydrogen-bond donors (Lipinski definition) is 1. The van der Waals surface area contributed by atoms with Crippen LogP contribution in [0.2, 0.25) is 0 Å². The Morgan fingerprint density at radius 1 is 0.970 bits per heavy atom. The molecule has 0 atom stereocenters. The molecule has 3 aromatic rings. The summed E-state index contributed by atoms with van der Waals surface area (Å²) in [6, 6.07) is 14.9. The molecule has 3 rings (SSSR count). The van der Waals surface area contributed by atoms with E-state index < -0.39 is 0 Å². The van der Waals surface area contributed by atoms with Gasteiger partial charge in [-0.05, 0) is 67.8 Å². The van der Waals surface area contributed by atoms with E-state index >= 15 is 0 Å². The van der Waals surface area contributed by atoms with Crippen molar-refractivity contribution in [3.8, 4) is 17.2 Å². The molecule has 1 N–H and O–H groups in total. The molecule has 2 aromatic carbocycles. The quantitative estimate of drug-likeness (QED) is 0.262. The predicted octanol–water partition coefficient (Wildman–Crippen LogP) is 4.71. The number of carbonyl (C=O) groups is 1. The topological polar surface area (TPSA) is 82.0 Å². The van der Waals surface area contributed by atoms with Crippen LogP contribution in [0.15, 0.2) is 66.0 Å². The summed E-state index contributed by atoms with van der Waals surface area (Å²) in [5.41, 5.74) is 6.02. The Hall–Kier alpha value is -3.87. The number of amides is 1. The molecule has 7 heteroatoms. The third-order valence-corrected chi connectivity index (χ3v) is 4.79. The second-order valence-corrected chi connectivity index (χ2v) is 7.35. The molecule has 0 radical (unpaired) electrons. The van der Waals surface area contributed by atoms with Crippen LogP contribution in [-0.2, 0) is 0 Å². The lowest BCUT2D eigenvalue weighted by molar-refractivity contribution is 0.0955. The van der Waals surface area contributed by atoms with Crippen molar-refractivity contribution in [1.82, 2.24) is 10.4 Å². The lowest BCUT2D eigenvalue weighted by Crippen LogP contribution is -2.17. The van der Waals surface area contributed by atoms with Crippen LogP contribution in [0.4, 0.5) is 0 Å². The van der Waals surface area contributed by atoms with E-state index in [9.17, 15) is 4.79 Å². The van der Waals surface area contributed by atoms with Gasteiger partial charge in [-0.2, -0.15) is 5.10 Å². The third kappa shape index (κ3) is 7.07. The fraction of sp³-hybridized carbons (Fsp3) is 0.269. The van der Waals surface area contributed by atoms with Gasteiger partial charge < -0.3 is 14.2 Å². The molecule has 0 bridgehead atoms. The standard InChI is InChI=1S/C26H29N3O4/c1-4-31-24-17-21(18-28-29-26(30)22-11-13-27-14-12-22)9-10-23(24)32-15-6-16-33-25-19(2)7-5-8-20(25)3/h5,7-14,17-18H,4,6,15-16H2,1-3H3,(H,29,30)/b28-18-. The van der Waals surface area contributed by atoms with Crippen LogP contribution in [0.1, 0.15) is 40.4 Å². The number of hydrazone groups is 1. The molecule has 0 saturated heterocycles. The van der Waals surface area contributed by atoms with E-state index in [1.807, 2.05) is 57.2 Å². The molecule has 0 fully saturated rings. The van der Waals surface area contributed by atoms with E-state index in [1.165, 1.54) is 0 Å². The predicted molar refractivity (Wildman–Crippen MR) is 128 cm³/mol. The van der Waals surface area contributed by atoms with Gasteiger partial charge >= 0.3 is 0 Å². The first-order chi connectivity index (χ1) is 16.1. The number of aryl methyl sites for hydroxylation is 2. The van der Waals surface area contributed by atoms with E-state index in [1.54, 1.807) is 30.7 Å². The Kier molecular flexibility index (Phi) is 8.82. The summed E-state index contributed by atoms with van der Waals surface area (Å²) in [6.45, 7) is 7.58. The lowest BCUT2D eigenvalue weighted by Gasteiger charge is -2.14. The van der Waals surface area contributed by atoms with Gasteiger partial charge in [0.05, 0.1) is 26.0 Å². The summed E-state index contributed by atoms with van der Waals surface area (Å²) in [5.74, 6) is 1.91. The highest BCUT2D eigenvalue weighted by Gasteiger charge is 2.08. The fourth-order valence-electron chi connectivity index (χ4n) is 3.17. The summed E-state index contributed by atoms with van der Waals surface area (Å²) in [6.07, 6.45) is 5.41. The van der Waals surface area contributed by atoms with Crippen molar-refractivity contribution in [1.29, 1.82) is 0 Å². The zero-order chi connectivity index (χ0) is 23.5. The minimum absolute atomic E-state index is 0.304. The molecular formula is C26H29N3O4. The van der Waals surface area contributed by atoms with E-state index in [0.29, 0.717) is 36.9 Å². The Morgan fingerprint density at radius 3 is 2.42 bits per heavy atom. The minimum atomic E-state index is -0.304. The number of nitrogens with one attached hydrogen (secondary N) is 1. The number of nitrogens with zero attached hydrogens (tertiary/aromatic N) is 2.